The Morgan fingerprint density at radius 3 is 2.88 bits per heavy atom. The van der Waals surface area contributed by atoms with Crippen molar-refractivity contribution in [3.63, 3.8) is 0 Å². The van der Waals surface area contributed by atoms with Gasteiger partial charge in [-0.2, -0.15) is 5.10 Å². The van der Waals surface area contributed by atoms with Gasteiger partial charge in [0.25, 0.3) is 0 Å². The van der Waals surface area contributed by atoms with Crippen LogP contribution in [-0.2, 0) is 4.79 Å². The van der Waals surface area contributed by atoms with Crippen molar-refractivity contribution < 1.29 is 9.53 Å². The van der Waals surface area contributed by atoms with Crippen LogP contribution in [0.1, 0.15) is 42.1 Å². The highest BCUT2D eigenvalue weighted by Crippen LogP contribution is 2.31. The summed E-state index contributed by atoms with van der Waals surface area (Å²) in [7, 11) is 0. The van der Waals surface area contributed by atoms with Gasteiger partial charge in [-0.25, -0.2) is 0 Å². The van der Waals surface area contributed by atoms with Crippen molar-refractivity contribution in [2.75, 3.05) is 18.9 Å². The molecule has 6 nitrogen and oxygen atoms in total. The molecule has 3 rings (SSSR count). The lowest BCUT2D eigenvalue weighted by molar-refractivity contribution is -0.132. The van der Waals surface area contributed by atoms with Crippen LogP contribution >= 0.6 is 0 Å². The number of ether oxygens (including phenoxy) is 1. The molecular formula is C19H24N4O2. The fourth-order valence-corrected chi connectivity index (χ4v) is 3.18. The van der Waals surface area contributed by atoms with Gasteiger partial charge >= 0.3 is 0 Å². The molecule has 6 heteroatoms. The molecule has 1 aliphatic heterocycles. The summed E-state index contributed by atoms with van der Waals surface area (Å²) < 4.78 is 5.81. The Balaban J connectivity index is 1.58. The van der Waals surface area contributed by atoms with E-state index in [1.165, 1.54) is 5.56 Å². The Kier molecular flexibility index (Phi) is 5.16. The molecular weight excluding hydrogens is 316 g/mol. The fraction of sp³-hybridized carbons (Fsp3) is 0.421. The summed E-state index contributed by atoms with van der Waals surface area (Å²) in [6.45, 7) is 5.21. The van der Waals surface area contributed by atoms with E-state index < -0.39 is 0 Å². The minimum absolute atomic E-state index is 0.0127. The Morgan fingerprint density at radius 1 is 1.28 bits per heavy atom. The molecule has 1 unspecified atom stereocenters. The minimum Gasteiger partial charge on any atom is -0.493 e. The minimum atomic E-state index is -0.0127. The number of likely N-dealkylation sites (tertiary alicyclic amines) is 1. The third-order valence-electron chi connectivity index (χ3n) is 4.75. The predicted molar refractivity (Wildman–Crippen MR) is 96.2 cm³/mol. The van der Waals surface area contributed by atoms with Crippen molar-refractivity contribution >= 4 is 11.7 Å². The monoisotopic (exact) mass is 340 g/mol. The average molecular weight is 340 g/mol. The number of hydrogen-bond acceptors (Lipinski definition) is 5. The second-order valence-electron chi connectivity index (χ2n) is 6.42. The van der Waals surface area contributed by atoms with Crippen molar-refractivity contribution in [2.45, 2.75) is 39.2 Å². The molecule has 1 aliphatic rings. The van der Waals surface area contributed by atoms with Crippen LogP contribution < -0.4 is 10.5 Å². The van der Waals surface area contributed by atoms with Crippen LogP contribution in [0.2, 0.25) is 0 Å². The van der Waals surface area contributed by atoms with Crippen LogP contribution in [0.4, 0.5) is 5.82 Å². The Labute approximate surface area is 148 Å². The quantitative estimate of drug-likeness (QED) is 0.905. The van der Waals surface area contributed by atoms with Crippen molar-refractivity contribution in [2.24, 2.45) is 0 Å². The second-order valence-corrected chi connectivity index (χ2v) is 6.42. The molecule has 2 aromatic rings. The molecule has 0 saturated carbocycles. The van der Waals surface area contributed by atoms with Crippen LogP contribution in [0.5, 0.6) is 5.75 Å². The number of nitrogen functional groups attached to an aromatic ring is 1. The van der Waals surface area contributed by atoms with E-state index in [4.69, 9.17) is 10.5 Å². The summed E-state index contributed by atoms with van der Waals surface area (Å²) in [6, 6.07) is 9.53. The molecule has 0 aliphatic carbocycles. The van der Waals surface area contributed by atoms with E-state index in [1.807, 2.05) is 30.0 Å². The average Bonchev–Trinajstić information content (AvgIpc) is 3.09. The standard InChI is InChI=1S/C19H24N4O2/c1-13-5-3-7-17(14(13)2)25-12-10-19(24)23-11-4-6-16(23)15-8-9-18(20)22-21-15/h3,5,7-9,16H,4,6,10-12H2,1-2H3,(H2,20,22). The highest BCUT2D eigenvalue weighted by atomic mass is 16.5. The largest absolute Gasteiger partial charge is 0.493 e. The van der Waals surface area contributed by atoms with Gasteiger partial charge in [0.15, 0.2) is 0 Å². The Morgan fingerprint density at radius 2 is 2.12 bits per heavy atom. The first-order chi connectivity index (χ1) is 12.1. The van der Waals surface area contributed by atoms with E-state index in [0.717, 1.165) is 36.4 Å². The van der Waals surface area contributed by atoms with Crippen LogP contribution in [0.25, 0.3) is 0 Å². The zero-order chi connectivity index (χ0) is 17.8. The van der Waals surface area contributed by atoms with E-state index in [-0.39, 0.29) is 11.9 Å². The lowest BCUT2D eigenvalue weighted by Crippen LogP contribution is -2.32. The summed E-state index contributed by atoms with van der Waals surface area (Å²) in [4.78, 5) is 14.5. The number of carbonyl (C=O) groups is 1. The first-order valence-corrected chi connectivity index (χ1v) is 8.64. The Bertz CT molecular complexity index is 746. The first kappa shape index (κ1) is 17.2. The van der Waals surface area contributed by atoms with E-state index in [9.17, 15) is 4.79 Å². The van der Waals surface area contributed by atoms with Crippen molar-refractivity contribution in [1.29, 1.82) is 0 Å². The third-order valence-corrected chi connectivity index (χ3v) is 4.75. The zero-order valence-electron chi connectivity index (χ0n) is 14.7. The number of benzene rings is 1. The maximum atomic E-state index is 12.6. The van der Waals surface area contributed by atoms with Gasteiger partial charge in [-0.3, -0.25) is 4.79 Å². The van der Waals surface area contributed by atoms with Crippen LogP contribution in [0, 0.1) is 13.8 Å². The normalized spacial score (nSPS) is 16.9. The Hall–Kier alpha value is -2.63. The summed E-state index contributed by atoms with van der Waals surface area (Å²) >= 11 is 0. The van der Waals surface area contributed by atoms with Crippen molar-refractivity contribution in [1.82, 2.24) is 15.1 Å². The smallest absolute Gasteiger partial charge is 0.226 e. The van der Waals surface area contributed by atoms with E-state index in [0.29, 0.717) is 18.8 Å². The maximum absolute atomic E-state index is 12.6. The van der Waals surface area contributed by atoms with E-state index in [2.05, 4.69) is 23.2 Å². The molecule has 1 fully saturated rings. The molecule has 1 atom stereocenters. The van der Waals surface area contributed by atoms with Gasteiger partial charge < -0.3 is 15.4 Å². The van der Waals surface area contributed by atoms with Gasteiger partial charge in [-0.15, -0.1) is 5.10 Å². The highest BCUT2D eigenvalue weighted by molar-refractivity contribution is 5.77. The summed E-state index contributed by atoms with van der Waals surface area (Å²) in [5, 5.41) is 8.04. The summed E-state index contributed by atoms with van der Waals surface area (Å²) in [5.74, 6) is 1.32. The van der Waals surface area contributed by atoms with Crippen molar-refractivity contribution in [3.05, 3.63) is 47.2 Å². The van der Waals surface area contributed by atoms with Gasteiger partial charge in [-0.1, -0.05) is 12.1 Å². The molecule has 1 saturated heterocycles. The number of nitrogens with two attached hydrogens (primary N) is 1. The number of aromatic nitrogens is 2. The number of nitrogens with zero attached hydrogens (tertiary/aromatic N) is 3. The number of rotatable bonds is 5. The molecule has 0 radical (unpaired) electrons. The van der Waals surface area contributed by atoms with Gasteiger partial charge in [0.05, 0.1) is 24.8 Å². The van der Waals surface area contributed by atoms with Gasteiger partial charge in [0.2, 0.25) is 5.91 Å². The third kappa shape index (κ3) is 3.90. The summed E-state index contributed by atoms with van der Waals surface area (Å²) in [5.41, 5.74) is 8.70. The number of hydrogen-bond donors (Lipinski definition) is 1. The van der Waals surface area contributed by atoms with Gasteiger partial charge in [0, 0.05) is 6.54 Å². The molecule has 2 heterocycles. The zero-order valence-corrected chi connectivity index (χ0v) is 14.7. The van der Waals surface area contributed by atoms with Gasteiger partial charge in [0.1, 0.15) is 11.6 Å². The number of amides is 1. The van der Waals surface area contributed by atoms with Crippen LogP contribution in [0.15, 0.2) is 30.3 Å². The fourth-order valence-electron chi connectivity index (χ4n) is 3.18. The molecule has 0 bridgehead atoms. The molecule has 2 N–H and O–H groups in total. The first-order valence-electron chi connectivity index (χ1n) is 8.64. The molecule has 1 aromatic heterocycles. The SMILES string of the molecule is Cc1cccc(OCCC(=O)N2CCCC2c2ccc(N)nn2)c1C. The molecule has 25 heavy (non-hydrogen) atoms. The van der Waals surface area contributed by atoms with Crippen molar-refractivity contribution in [3.8, 4) is 5.75 Å². The van der Waals surface area contributed by atoms with Crippen LogP contribution in [-0.4, -0.2) is 34.2 Å². The molecule has 1 amide bonds. The van der Waals surface area contributed by atoms with Gasteiger partial charge in [-0.05, 0) is 56.0 Å². The predicted octanol–water partition coefficient (Wildman–Crippen LogP) is 2.81. The number of anilines is 1. The summed E-state index contributed by atoms with van der Waals surface area (Å²) in [6.07, 6.45) is 2.23. The van der Waals surface area contributed by atoms with Crippen LogP contribution in [0.3, 0.4) is 0 Å². The lowest BCUT2D eigenvalue weighted by atomic mass is 10.1. The molecule has 132 valence electrons. The number of aryl methyl sites for hydroxylation is 1. The number of carbonyl (C=O) groups excluding carboxylic acids is 1. The second kappa shape index (κ2) is 7.51. The maximum Gasteiger partial charge on any atom is 0.226 e. The lowest BCUT2D eigenvalue weighted by Gasteiger charge is -2.24. The topological polar surface area (TPSA) is 81.3 Å². The van der Waals surface area contributed by atoms with E-state index >= 15 is 0 Å². The molecule has 0 spiro atoms. The highest BCUT2D eigenvalue weighted by Gasteiger charge is 2.30. The van der Waals surface area contributed by atoms with E-state index in [1.54, 1.807) is 6.07 Å². The molecule has 1 aromatic carbocycles.